The standard InChI is InChI=1S/C19H21NO4/c1-2-9-24-17-8-7-13-5-3-4-6-15(13)16(17)12-20-11-14(19(22)23)10-18(20)21/h3-8,14H,2,9-12H2,1H3,(H,22,23). The van der Waals surface area contributed by atoms with E-state index in [1.165, 1.54) is 0 Å². The lowest BCUT2D eigenvalue weighted by Crippen LogP contribution is -2.26. The Hall–Kier alpha value is -2.56. The number of aliphatic carboxylic acids is 1. The molecule has 2 aromatic rings. The fourth-order valence-electron chi connectivity index (χ4n) is 3.11. The van der Waals surface area contributed by atoms with Gasteiger partial charge in [-0.25, -0.2) is 0 Å². The van der Waals surface area contributed by atoms with E-state index in [9.17, 15) is 9.59 Å². The number of ether oxygens (including phenoxy) is 1. The normalized spacial score (nSPS) is 17.5. The average molecular weight is 327 g/mol. The van der Waals surface area contributed by atoms with Crippen LogP contribution in [0.5, 0.6) is 5.75 Å². The third kappa shape index (κ3) is 3.20. The average Bonchev–Trinajstić information content (AvgIpc) is 2.95. The van der Waals surface area contributed by atoms with E-state index >= 15 is 0 Å². The van der Waals surface area contributed by atoms with E-state index < -0.39 is 11.9 Å². The Morgan fingerprint density at radius 3 is 2.79 bits per heavy atom. The second-order valence-corrected chi connectivity index (χ2v) is 6.13. The van der Waals surface area contributed by atoms with Crippen LogP contribution in [0, 0.1) is 5.92 Å². The first kappa shape index (κ1) is 16.3. The highest BCUT2D eigenvalue weighted by atomic mass is 16.5. The molecule has 1 fully saturated rings. The topological polar surface area (TPSA) is 66.8 Å². The summed E-state index contributed by atoms with van der Waals surface area (Å²) in [6, 6.07) is 11.9. The molecule has 0 bridgehead atoms. The molecule has 1 aliphatic heterocycles. The maximum atomic E-state index is 12.2. The first-order valence-corrected chi connectivity index (χ1v) is 8.24. The van der Waals surface area contributed by atoms with Gasteiger partial charge in [0.05, 0.1) is 12.5 Å². The van der Waals surface area contributed by atoms with Gasteiger partial charge in [-0.05, 0) is 23.3 Å². The van der Waals surface area contributed by atoms with Gasteiger partial charge >= 0.3 is 5.97 Å². The number of likely N-dealkylation sites (tertiary alicyclic amines) is 1. The van der Waals surface area contributed by atoms with E-state index in [1.54, 1.807) is 4.90 Å². The van der Waals surface area contributed by atoms with Gasteiger partial charge in [-0.15, -0.1) is 0 Å². The lowest BCUT2D eigenvalue weighted by molar-refractivity contribution is -0.141. The van der Waals surface area contributed by atoms with Gasteiger partial charge in [-0.3, -0.25) is 9.59 Å². The number of nitrogens with zero attached hydrogens (tertiary/aromatic N) is 1. The van der Waals surface area contributed by atoms with Crippen LogP contribution in [0.2, 0.25) is 0 Å². The molecule has 0 spiro atoms. The molecule has 0 aromatic heterocycles. The Labute approximate surface area is 140 Å². The number of carboxylic acids is 1. The minimum absolute atomic E-state index is 0.0747. The number of rotatable bonds is 6. The highest BCUT2D eigenvalue weighted by molar-refractivity contribution is 5.89. The lowest BCUT2D eigenvalue weighted by atomic mass is 10.0. The third-order valence-electron chi connectivity index (χ3n) is 4.37. The Morgan fingerprint density at radius 1 is 1.29 bits per heavy atom. The van der Waals surface area contributed by atoms with Gasteiger partial charge in [-0.1, -0.05) is 37.3 Å². The maximum Gasteiger partial charge on any atom is 0.308 e. The van der Waals surface area contributed by atoms with Gasteiger partial charge < -0.3 is 14.7 Å². The molecule has 24 heavy (non-hydrogen) atoms. The van der Waals surface area contributed by atoms with Crippen LogP contribution in [-0.2, 0) is 16.1 Å². The van der Waals surface area contributed by atoms with Crippen molar-refractivity contribution >= 4 is 22.6 Å². The summed E-state index contributed by atoms with van der Waals surface area (Å²) < 4.78 is 5.86. The number of amides is 1. The molecule has 1 saturated heterocycles. The van der Waals surface area contributed by atoms with Crippen LogP contribution in [0.3, 0.4) is 0 Å². The van der Waals surface area contributed by atoms with Crippen LogP contribution in [0.4, 0.5) is 0 Å². The summed E-state index contributed by atoms with van der Waals surface area (Å²) in [6.07, 6.45) is 0.973. The summed E-state index contributed by atoms with van der Waals surface area (Å²) in [6.45, 7) is 3.28. The summed E-state index contributed by atoms with van der Waals surface area (Å²) in [5.41, 5.74) is 0.945. The van der Waals surface area contributed by atoms with Gasteiger partial charge in [0.1, 0.15) is 5.75 Å². The molecule has 0 saturated carbocycles. The molecule has 0 radical (unpaired) electrons. The molecule has 5 nitrogen and oxygen atoms in total. The first-order chi connectivity index (χ1) is 11.6. The van der Waals surface area contributed by atoms with Gasteiger partial charge in [0.2, 0.25) is 5.91 Å². The Morgan fingerprint density at radius 2 is 2.08 bits per heavy atom. The number of carbonyl (C=O) groups is 2. The maximum absolute atomic E-state index is 12.2. The Balaban J connectivity index is 1.94. The van der Waals surface area contributed by atoms with E-state index in [0.717, 1.165) is 28.5 Å². The molecule has 1 unspecified atom stereocenters. The number of carboxylic acid groups (broad SMARTS) is 1. The lowest BCUT2D eigenvalue weighted by Gasteiger charge is -2.20. The second-order valence-electron chi connectivity index (χ2n) is 6.13. The minimum atomic E-state index is -0.911. The van der Waals surface area contributed by atoms with Crippen molar-refractivity contribution in [3.63, 3.8) is 0 Å². The van der Waals surface area contributed by atoms with Crippen LogP contribution >= 0.6 is 0 Å². The van der Waals surface area contributed by atoms with Crippen molar-refractivity contribution in [2.24, 2.45) is 5.92 Å². The van der Waals surface area contributed by atoms with Crippen molar-refractivity contribution in [3.05, 3.63) is 42.0 Å². The minimum Gasteiger partial charge on any atom is -0.493 e. The third-order valence-corrected chi connectivity index (χ3v) is 4.37. The summed E-state index contributed by atoms with van der Waals surface area (Å²) in [4.78, 5) is 25.0. The van der Waals surface area contributed by atoms with Gasteiger partial charge in [-0.2, -0.15) is 0 Å². The van der Waals surface area contributed by atoms with Crippen molar-refractivity contribution in [3.8, 4) is 5.75 Å². The molecule has 1 amide bonds. The van der Waals surface area contributed by atoms with Gasteiger partial charge in [0, 0.05) is 25.1 Å². The SMILES string of the molecule is CCCOc1ccc2ccccc2c1CN1CC(C(=O)O)CC1=O. The zero-order chi connectivity index (χ0) is 17.1. The van der Waals surface area contributed by atoms with Crippen molar-refractivity contribution < 1.29 is 19.4 Å². The fourth-order valence-corrected chi connectivity index (χ4v) is 3.11. The van der Waals surface area contributed by atoms with Crippen LogP contribution in [0.1, 0.15) is 25.3 Å². The fraction of sp³-hybridized carbons (Fsp3) is 0.368. The van der Waals surface area contributed by atoms with E-state index in [1.807, 2.05) is 43.3 Å². The smallest absolute Gasteiger partial charge is 0.308 e. The predicted molar refractivity (Wildman–Crippen MR) is 90.9 cm³/mol. The van der Waals surface area contributed by atoms with Crippen LogP contribution in [-0.4, -0.2) is 35.0 Å². The van der Waals surface area contributed by atoms with E-state index in [-0.39, 0.29) is 18.9 Å². The van der Waals surface area contributed by atoms with Crippen LogP contribution < -0.4 is 4.74 Å². The van der Waals surface area contributed by atoms with Crippen molar-refractivity contribution in [2.75, 3.05) is 13.2 Å². The number of fused-ring (bicyclic) bond motifs is 1. The highest BCUT2D eigenvalue weighted by Gasteiger charge is 2.34. The number of carbonyl (C=O) groups excluding carboxylic acids is 1. The van der Waals surface area contributed by atoms with Gasteiger partial charge in [0.25, 0.3) is 0 Å². The summed E-state index contributed by atoms with van der Waals surface area (Å²) >= 11 is 0. The second kappa shape index (κ2) is 6.91. The van der Waals surface area contributed by atoms with Crippen LogP contribution in [0.15, 0.2) is 36.4 Å². The molecule has 126 valence electrons. The highest BCUT2D eigenvalue weighted by Crippen LogP contribution is 2.31. The Kier molecular flexibility index (Phi) is 4.69. The van der Waals surface area contributed by atoms with Crippen molar-refractivity contribution in [1.82, 2.24) is 4.90 Å². The van der Waals surface area contributed by atoms with Gasteiger partial charge in [0.15, 0.2) is 0 Å². The molecule has 1 heterocycles. The molecule has 1 atom stereocenters. The zero-order valence-electron chi connectivity index (χ0n) is 13.7. The molecule has 3 rings (SSSR count). The van der Waals surface area contributed by atoms with Crippen molar-refractivity contribution in [1.29, 1.82) is 0 Å². The molecule has 1 N–H and O–H groups in total. The largest absolute Gasteiger partial charge is 0.493 e. The summed E-state index contributed by atoms with van der Waals surface area (Å²) in [7, 11) is 0. The molecular formula is C19H21NO4. The van der Waals surface area contributed by atoms with E-state index in [0.29, 0.717) is 13.2 Å². The predicted octanol–water partition coefficient (Wildman–Crippen LogP) is 3.06. The Bertz CT molecular complexity index is 771. The van der Waals surface area contributed by atoms with Crippen molar-refractivity contribution in [2.45, 2.75) is 26.3 Å². The summed E-state index contributed by atoms with van der Waals surface area (Å²) in [5.74, 6) is -0.877. The molecule has 1 aliphatic rings. The number of hydrogen-bond acceptors (Lipinski definition) is 3. The number of benzene rings is 2. The molecule has 0 aliphatic carbocycles. The van der Waals surface area contributed by atoms with Crippen LogP contribution in [0.25, 0.3) is 10.8 Å². The monoisotopic (exact) mass is 327 g/mol. The summed E-state index contributed by atoms with van der Waals surface area (Å²) in [5, 5.41) is 11.3. The van der Waals surface area contributed by atoms with E-state index in [2.05, 4.69) is 0 Å². The number of hydrogen-bond donors (Lipinski definition) is 1. The quantitative estimate of drug-likeness (QED) is 0.885. The molecule has 2 aromatic carbocycles. The first-order valence-electron chi connectivity index (χ1n) is 8.24. The van der Waals surface area contributed by atoms with E-state index in [4.69, 9.17) is 9.84 Å². The zero-order valence-corrected chi connectivity index (χ0v) is 13.7. The molecular weight excluding hydrogens is 306 g/mol. The molecule has 5 heteroatoms.